The van der Waals surface area contributed by atoms with E-state index in [1.165, 1.54) is 0 Å². The van der Waals surface area contributed by atoms with E-state index in [0.717, 1.165) is 32.6 Å². The number of para-hydroxylation sites is 1. The third kappa shape index (κ3) is 3.69. The van der Waals surface area contributed by atoms with Gasteiger partial charge in [-0.15, -0.1) is 0 Å². The Bertz CT molecular complexity index is 1360. The lowest BCUT2D eigenvalue weighted by molar-refractivity contribution is -0.127. The highest BCUT2D eigenvalue weighted by Crippen LogP contribution is 2.33. The second kappa shape index (κ2) is 8.39. The lowest BCUT2D eigenvalue weighted by Crippen LogP contribution is -2.36. The van der Waals surface area contributed by atoms with Gasteiger partial charge in [0.05, 0.1) is 17.8 Å². The number of hydrogen-bond acceptors (Lipinski definition) is 3. The first-order valence-electron chi connectivity index (χ1n) is 10.9. The van der Waals surface area contributed by atoms with Crippen molar-refractivity contribution in [3.05, 3.63) is 96.1 Å². The van der Waals surface area contributed by atoms with Crippen LogP contribution in [-0.2, 0) is 18.3 Å². The summed E-state index contributed by atoms with van der Waals surface area (Å²) < 4.78 is 1.99. The highest BCUT2D eigenvalue weighted by atomic mass is 16.2. The lowest BCUT2D eigenvalue weighted by atomic mass is 10.0. The van der Waals surface area contributed by atoms with Gasteiger partial charge in [0, 0.05) is 24.4 Å². The molecule has 0 aliphatic carbocycles. The third-order valence-electron chi connectivity index (χ3n) is 6.12. The summed E-state index contributed by atoms with van der Waals surface area (Å²) in [5, 5.41) is 3.53. The first-order valence-corrected chi connectivity index (χ1v) is 10.9. The molecular formula is C27H23N3O3. The van der Waals surface area contributed by atoms with Crippen molar-refractivity contribution >= 4 is 28.6 Å². The molecule has 1 atom stereocenters. The highest BCUT2D eigenvalue weighted by Gasteiger charge is 2.39. The van der Waals surface area contributed by atoms with Crippen LogP contribution >= 0.6 is 0 Å². The molecule has 1 aromatic heterocycles. The quantitative estimate of drug-likeness (QED) is 0.363. The number of carbonyl (C=O) groups excluding carboxylic acids is 3. The zero-order chi connectivity index (χ0) is 22.9. The zero-order valence-electron chi connectivity index (χ0n) is 18.2. The third-order valence-corrected chi connectivity index (χ3v) is 6.12. The molecule has 5 rings (SSSR count). The molecule has 1 saturated heterocycles. The van der Waals surface area contributed by atoms with E-state index in [1.807, 2.05) is 96.5 Å². The number of amides is 3. The molecule has 164 valence electrons. The zero-order valence-corrected chi connectivity index (χ0v) is 18.2. The molecule has 0 bridgehead atoms. The predicted octanol–water partition coefficient (Wildman–Crippen LogP) is 4.19. The molecule has 3 aromatic carbocycles. The summed E-state index contributed by atoms with van der Waals surface area (Å²) in [7, 11) is 1.92. The number of aromatic nitrogens is 1. The van der Waals surface area contributed by atoms with E-state index in [1.54, 1.807) is 0 Å². The molecule has 4 aromatic rings. The molecule has 6 heteroatoms. The van der Waals surface area contributed by atoms with Crippen molar-refractivity contribution in [1.82, 2.24) is 14.8 Å². The van der Waals surface area contributed by atoms with Gasteiger partial charge in [0.25, 0.3) is 5.91 Å². The smallest absolute Gasteiger partial charge is 0.325 e. The Morgan fingerprint density at radius 3 is 2.24 bits per heavy atom. The Morgan fingerprint density at radius 2 is 1.52 bits per heavy atom. The highest BCUT2D eigenvalue weighted by molar-refractivity contribution is 6.17. The molecular weight excluding hydrogens is 414 g/mol. The number of Topliss-reactive ketones (excluding diaryl/α,β-unsaturated/α-hetero) is 1. The largest absolute Gasteiger partial charge is 0.343 e. The van der Waals surface area contributed by atoms with Crippen LogP contribution in [0.2, 0.25) is 0 Å². The minimum absolute atomic E-state index is 0.269. The van der Waals surface area contributed by atoms with Crippen molar-refractivity contribution in [2.24, 2.45) is 7.05 Å². The molecule has 6 nitrogen and oxygen atoms in total. The van der Waals surface area contributed by atoms with Crippen molar-refractivity contribution in [2.45, 2.75) is 12.5 Å². The Kier molecular flexibility index (Phi) is 5.26. The van der Waals surface area contributed by atoms with E-state index in [4.69, 9.17) is 0 Å². The first-order chi connectivity index (χ1) is 16.0. The number of aryl methyl sites for hydroxylation is 1. The number of imide groups is 1. The van der Waals surface area contributed by atoms with E-state index >= 15 is 0 Å². The van der Waals surface area contributed by atoms with E-state index in [9.17, 15) is 14.4 Å². The molecule has 0 saturated carbocycles. The van der Waals surface area contributed by atoms with Gasteiger partial charge in [0.2, 0.25) is 0 Å². The maximum absolute atomic E-state index is 13.6. The summed E-state index contributed by atoms with van der Waals surface area (Å²) in [6.45, 7) is -0.302. The Labute approximate surface area is 191 Å². The predicted molar refractivity (Wildman–Crippen MR) is 127 cm³/mol. The average molecular weight is 437 g/mol. The van der Waals surface area contributed by atoms with Gasteiger partial charge in [0.1, 0.15) is 6.04 Å². The molecule has 2 heterocycles. The molecule has 33 heavy (non-hydrogen) atoms. The van der Waals surface area contributed by atoms with E-state index in [2.05, 4.69) is 5.32 Å². The monoisotopic (exact) mass is 437 g/mol. The van der Waals surface area contributed by atoms with Crippen molar-refractivity contribution < 1.29 is 14.4 Å². The number of nitrogens with one attached hydrogen (secondary N) is 1. The summed E-state index contributed by atoms with van der Waals surface area (Å²) >= 11 is 0. The summed E-state index contributed by atoms with van der Waals surface area (Å²) in [6, 6.07) is 25.7. The van der Waals surface area contributed by atoms with Crippen molar-refractivity contribution in [3.8, 4) is 11.3 Å². The summed E-state index contributed by atoms with van der Waals surface area (Å²) in [5.41, 5.74) is 4.06. The van der Waals surface area contributed by atoms with Crippen molar-refractivity contribution in [3.63, 3.8) is 0 Å². The lowest BCUT2D eigenvalue weighted by Gasteiger charge is -2.14. The van der Waals surface area contributed by atoms with Crippen LogP contribution in [0.15, 0.2) is 84.9 Å². The van der Waals surface area contributed by atoms with E-state index < -0.39 is 12.1 Å². The average Bonchev–Trinajstić information content (AvgIpc) is 3.28. The van der Waals surface area contributed by atoms with Crippen molar-refractivity contribution in [1.29, 1.82) is 0 Å². The Balaban J connectivity index is 1.47. The van der Waals surface area contributed by atoms with Crippen LogP contribution < -0.4 is 5.32 Å². The molecule has 3 amide bonds. The topological polar surface area (TPSA) is 71.4 Å². The first kappa shape index (κ1) is 20.7. The minimum Gasteiger partial charge on any atom is -0.343 e. The van der Waals surface area contributed by atoms with Crippen LogP contribution in [0.1, 0.15) is 15.9 Å². The van der Waals surface area contributed by atoms with Gasteiger partial charge < -0.3 is 9.88 Å². The number of rotatable bonds is 6. The van der Waals surface area contributed by atoms with Gasteiger partial charge in [0.15, 0.2) is 5.78 Å². The van der Waals surface area contributed by atoms with Gasteiger partial charge in [-0.2, -0.15) is 0 Å². The number of ketones is 1. The number of benzene rings is 3. The van der Waals surface area contributed by atoms with Gasteiger partial charge in [-0.25, -0.2) is 4.79 Å². The number of nitrogens with zero attached hydrogens (tertiary/aromatic N) is 2. The second-order valence-electron chi connectivity index (χ2n) is 8.21. The number of carbonyl (C=O) groups is 3. The molecule has 1 aliphatic heterocycles. The van der Waals surface area contributed by atoms with Gasteiger partial charge in [-0.1, -0.05) is 78.9 Å². The van der Waals surface area contributed by atoms with Crippen LogP contribution in [-0.4, -0.2) is 39.8 Å². The number of hydrogen-bond donors (Lipinski definition) is 1. The fourth-order valence-corrected chi connectivity index (χ4v) is 4.55. The van der Waals surface area contributed by atoms with E-state index in [0.29, 0.717) is 12.0 Å². The molecule has 1 fully saturated rings. The van der Waals surface area contributed by atoms with Crippen LogP contribution in [0.4, 0.5) is 4.79 Å². The summed E-state index contributed by atoms with van der Waals surface area (Å²) in [5.74, 6) is -0.645. The van der Waals surface area contributed by atoms with Crippen molar-refractivity contribution in [2.75, 3.05) is 6.54 Å². The Morgan fingerprint density at radius 1 is 0.879 bits per heavy atom. The SMILES string of the molecule is Cn1c(-c2ccccc2)c(C(=O)CN2C(=O)NC(Cc3ccccc3)C2=O)c2ccccc21. The summed E-state index contributed by atoms with van der Waals surface area (Å²) in [4.78, 5) is 40.2. The van der Waals surface area contributed by atoms with Gasteiger partial charge in [-0.3, -0.25) is 14.5 Å². The normalized spacial score (nSPS) is 15.8. The maximum atomic E-state index is 13.6. The van der Waals surface area contributed by atoms with Crippen LogP contribution in [0.3, 0.4) is 0 Å². The molecule has 1 unspecified atom stereocenters. The molecule has 1 N–H and O–H groups in total. The minimum atomic E-state index is -0.672. The fraction of sp³-hybridized carbons (Fsp3) is 0.148. The van der Waals surface area contributed by atoms with Crippen LogP contribution in [0, 0.1) is 0 Å². The fourth-order valence-electron chi connectivity index (χ4n) is 4.55. The number of urea groups is 1. The van der Waals surface area contributed by atoms with Crippen LogP contribution in [0.5, 0.6) is 0 Å². The molecule has 1 aliphatic rings. The number of fused-ring (bicyclic) bond motifs is 1. The second-order valence-corrected chi connectivity index (χ2v) is 8.21. The molecule has 0 radical (unpaired) electrons. The van der Waals surface area contributed by atoms with E-state index in [-0.39, 0.29) is 18.2 Å². The van der Waals surface area contributed by atoms with Gasteiger partial charge >= 0.3 is 6.03 Å². The summed E-state index contributed by atoms with van der Waals surface area (Å²) in [6.07, 6.45) is 0.389. The van der Waals surface area contributed by atoms with Gasteiger partial charge in [-0.05, 0) is 17.2 Å². The standard InChI is InChI=1S/C27H23N3O3/c1-29-22-15-9-8-14-20(22)24(25(29)19-12-6-3-7-13-19)23(31)17-30-26(32)21(28-27(30)33)16-18-10-4-2-5-11-18/h2-15,21H,16-17H2,1H3,(H,28,33). The Hall–Kier alpha value is -4.19. The molecule has 0 spiro atoms. The van der Waals surface area contributed by atoms with Crippen LogP contribution in [0.25, 0.3) is 22.2 Å². The maximum Gasteiger partial charge on any atom is 0.325 e.